The van der Waals surface area contributed by atoms with Crippen molar-refractivity contribution in [1.29, 1.82) is 0 Å². The maximum atomic E-state index is 13.4. The van der Waals surface area contributed by atoms with Gasteiger partial charge >= 0.3 is 11.7 Å². The third kappa shape index (κ3) is 1.97. The Labute approximate surface area is 108 Å². The number of halogens is 1. The summed E-state index contributed by atoms with van der Waals surface area (Å²) in [6.07, 6.45) is -7.26. The van der Waals surface area contributed by atoms with Crippen LogP contribution in [0.1, 0.15) is 6.23 Å². The minimum atomic E-state index is -1.85. The van der Waals surface area contributed by atoms with Crippen LogP contribution in [0, 0.1) is 5.82 Å². The van der Waals surface area contributed by atoms with Gasteiger partial charge in [0.2, 0.25) is 5.82 Å². The van der Waals surface area contributed by atoms with E-state index in [1.807, 2.05) is 0 Å². The number of nitrogens with one attached hydrogen (secondary N) is 1. The average molecular weight is 291 g/mol. The second-order valence-corrected chi connectivity index (χ2v) is 4.10. The molecule has 1 aliphatic rings. The fourth-order valence-corrected chi connectivity index (χ4v) is 1.87. The first kappa shape index (κ1) is 14.2. The monoisotopic (exact) mass is 291 g/mol. The van der Waals surface area contributed by atoms with E-state index < -0.39 is 53.4 Å². The molecule has 10 nitrogen and oxygen atoms in total. The zero-order chi connectivity index (χ0) is 15.2. The van der Waals surface area contributed by atoms with E-state index in [1.54, 1.807) is 4.98 Å². The van der Waals surface area contributed by atoms with Crippen LogP contribution in [0.25, 0.3) is 0 Å². The van der Waals surface area contributed by atoms with Gasteiger partial charge in [0.05, 0.1) is 0 Å². The first-order valence-electron chi connectivity index (χ1n) is 5.30. The van der Waals surface area contributed by atoms with Crippen LogP contribution in [0.5, 0.6) is 0 Å². The number of aromatic amines is 1. The van der Waals surface area contributed by atoms with E-state index in [1.165, 1.54) is 0 Å². The van der Waals surface area contributed by atoms with Crippen molar-refractivity contribution in [2.45, 2.75) is 24.5 Å². The minimum absolute atomic E-state index is 0.327. The van der Waals surface area contributed by atoms with Crippen molar-refractivity contribution in [3.8, 4) is 0 Å². The van der Waals surface area contributed by atoms with Gasteiger partial charge in [-0.05, 0) is 0 Å². The zero-order valence-electron chi connectivity index (χ0n) is 9.69. The van der Waals surface area contributed by atoms with Crippen molar-refractivity contribution in [2.24, 2.45) is 0 Å². The number of H-pyrrole nitrogens is 1. The molecule has 2 heterocycles. The molecule has 1 saturated heterocycles. The summed E-state index contributed by atoms with van der Waals surface area (Å²) in [5.74, 6) is -4.02. The standard InChI is InChI=1S/C9H10FN3O7/c10-1-5(11)13(9(19)12-6(1)16)7-3(15)2(14)4(20-7)8(17)18/h2-4,7,14-15H,11H2,(H,17,18)(H,12,16,19)/t2-,3+,4-,7+/m0/s1. The molecule has 0 amide bonds. The van der Waals surface area contributed by atoms with Gasteiger partial charge in [0.25, 0.3) is 5.56 Å². The Morgan fingerprint density at radius 1 is 1.35 bits per heavy atom. The molecule has 20 heavy (non-hydrogen) atoms. The van der Waals surface area contributed by atoms with E-state index in [0.29, 0.717) is 4.57 Å². The number of carboxylic acid groups (broad SMARTS) is 1. The van der Waals surface area contributed by atoms with Gasteiger partial charge in [-0.25, -0.2) is 14.2 Å². The van der Waals surface area contributed by atoms with Gasteiger partial charge in [0.15, 0.2) is 18.1 Å². The molecule has 1 fully saturated rings. The summed E-state index contributed by atoms with van der Waals surface area (Å²) >= 11 is 0. The number of hydrogen-bond donors (Lipinski definition) is 5. The molecular formula is C9H10FN3O7. The molecule has 110 valence electrons. The van der Waals surface area contributed by atoms with Crippen molar-refractivity contribution < 1.29 is 29.2 Å². The number of carbonyl (C=O) groups is 1. The molecule has 0 radical (unpaired) electrons. The third-order valence-electron chi connectivity index (χ3n) is 2.86. The van der Waals surface area contributed by atoms with E-state index >= 15 is 0 Å². The van der Waals surface area contributed by atoms with Crippen LogP contribution in [-0.2, 0) is 9.53 Å². The van der Waals surface area contributed by atoms with Crippen LogP contribution in [0.3, 0.4) is 0 Å². The van der Waals surface area contributed by atoms with Gasteiger partial charge < -0.3 is 25.8 Å². The molecule has 0 bridgehead atoms. The Morgan fingerprint density at radius 2 is 1.95 bits per heavy atom. The van der Waals surface area contributed by atoms with E-state index in [2.05, 4.69) is 0 Å². The molecule has 0 aliphatic carbocycles. The third-order valence-corrected chi connectivity index (χ3v) is 2.86. The normalized spacial score (nSPS) is 29.6. The average Bonchev–Trinajstić information content (AvgIpc) is 2.65. The molecule has 0 unspecified atom stereocenters. The van der Waals surface area contributed by atoms with Crippen LogP contribution in [0.2, 0.25) is 0 Å². The number of aliphatic hydroxyl groups excluding tert-OH is 2. The predicted octanol–water partition coefficient (Wildman–Crippen LogP) is -3.04. The summed E-state index contributed by atoms with van der Waals surface area (Å²) in [6.45, 7) is 0. The minimum Gasteiger partial charge on any atom is -0.479 e. The molecule has 11 heteroatoms. The highest BCUT2D eigenvalue weighted by Crippen LogP contribution is 2.30. The van der Waals surface area contributed by atoms with E-state index in [-0.39, 0.29) is 0 Å². The molecule has 1 aliphatic heterocycles. The molecule has 1 aromatic rings. The quantitative estimate of drug-likeness (QED) is 0.383. The van der Waals surface area contributed by atoms with Crippen LogP contribution < -0.4 is 17.0 Å². The summed E-state index contributed by atoms with van der Waals surface area (Å²) in [5.41, 5.74) is 2.66. The van der Waals surface area contributed by atoms with Crippen molar-refractivity contribution in [3.05, 3.63) is 26.7 Å². The SMILES string of the molecule is Nc1c(F)c(=O)[nH]c(=O)n1[C@@H]1O[C@H](C(=O)O)[C@@H](O)[C@H]1O. The fourth-order valence-electron chi connectivity index (χ4n) is 1.87. The van der Waals surface area contributed by atoms with Gasteiger partial charge in [-0.1, -0.05) is 0 Å². The number of carboxylic acids is 1. The highest BCUT2D eigenvalue weighted by molar-refractivity contribution is 5.73. The number of anilines is 1. The molecule has 6 N–H and O–H groups in total. The lowest BCUT2D eigenvalue weighted by atomic mass is 10.1. The van der Waals surface area contributed by atoms with Gasteiger partial charge in [0.1, 0.15) is 12.2 Å². The van der Waals surface area contributed by atoms with Gasteiger partial charge in [-0.2, -0.15) is 4.39 Å². The molecular weight excluding hydrogens is 281 g/mol. The summed E-state index contributed by atoms with van der Waals surface area (Å²) in [6, 6.07) is 0. The van der Waals surface area contributed by atoms with Gasteiger partial charge in [-0.3, -0.25) is 9.78 Å². The van der Waals surface area contributed by atoms with Crippen molar-refractivity contribution >= 4 is 11.8 Å². The fraction of sp³-hybridized carbons (Fsp3) is 0.444. The highest BCUT2D eigenvalue weighted by Gasteiger charge is 2.48. The largest absolute Gasteiger partial charge is 0.479 e. The molecule has 2 rings (SSSR count). The number of aliphatic carboxylic acids is 1. The zero-order valence-corrected chi connectivity index (χ0v) is 9.69. The van der Waals surface area contributed by atoms with Crippen molar-refractivity contribution in [1.82, 2.24) is 9.55 Å². The maximum Gasteiger partial charge on any atom is 0.335 e. The van der Waals surface area contributed by atoms with Crippen molar-refractivity contribution in [2.75, 3.05) is 5.73 Å². The smallest absolute Gasteiger partial charge is 0.335 e. The maximum absolute atomic E-state index is 13.4. The lowest BCUT2D eigenvalue weighted by Crippen LogP contribution is -2.40. The number of nitrogens with zero attached hydrogens (tertiary/aromatic N) is 1. The van der Waals surface area contributed by atoms with Crippen molar-refractivity contribution in [3.63, 3.8) is 0 Å². The molecule has 0 spiro atoms. The summed E-state index contributed by atoms with van der Waals surface area (Å²) in [7, 11) is 0. The van der Waals surface area contributed by atoms with Crippen LogP contribution in [-0.4, -0.2) is 49.2 Å². The van der Waals surface area contributed by atoms with Crippen LogP contribution >= 0.6 is 0 Å². The summed E-state index contributed by atoms with van der Waals surface area (Å²) in [5, 5.41) is 27.9. The molecule has 4 atom stereocenters. The first-order valence-corrected chi connectivity index (χ1v) is 5.30. The van der Waals surface area contributed by atoms with Crippen LogP contribution in [0.15, 0.2) is 9.59 Å². The molecule has 0 saturated carbocycles. The summed E-state index contributed by atoms with van der Waals surface area (Å²) in [4.78, 5) is 34.9. The number of nitrogen functional groups attached to an aromatic ring is 1. The first-order chi connectivity index (χ1) is 9.25. The Balaban J connectivity index is 2.54. The van der Waals surface area contributed by atoms with E-state index in [4.69, 9.17) is 15.6 Å². The lowest BCUT2D eigenvalue weighted by molar-refractivity contribution is -0.155. The number of aromatic nitrogens is 2. The number of nitrogens with two attached hydrogens (primary N) is 1. The number of aliphatic hydroxyl groups is 2. The second kappa shape index (κ2) is 4.70. The van der Waals surface area contributed by atoms with Crippen LogP contribution in [0.4, 0.5) is 10.2 Å². The van der Waals surface area contributed by atoms with Gasteiger partial charge in [0, 0.05) is 0 Å². The number of ether oxygens (including phenoxy) is 1. The predicted molar refractivity (Wildman–Crippen MR) is 59.3 cm³/mol. The highest BCUT2D eigenvalue weighted by atomic mass is 19.1. The number of rotatable bonds is 2. The Bertz CT molecular complexity index is 668. The lowest BCUT2D eigenvalue weighted by Gasteiger charge is -2.18. The Kier molecular flexibility index (Phi) is 3.33. The molecule has 1 aromatic heterocycles. The summed E-state index contributed by atoms with van der Waals surface area (Å²) < 4.78 is 18.5. The van der Waals surface area contributed by atoms with E-state index in [0.717, 1.165) is 0 Å². The Morgan fingerprint density at radius 3 is 2.45 bits per heavy atom. The van der Waals surface area contributed by atoms with Gasteiger partial charge in [-0.15, -0.1) is 0 Å². The topological polar surface area (TPSA) is 168 Å². The number of hydrogen-bond acceptors (Lipinski definition) is 7. The molecule has 0 aromatic carbocycles. The Hall–Kier alpha value is -2.24. The second-order valence-electron chi connectivity index (χ2n) is 4.10. The van der Waals surface area contributed by atoms with E-state index in [9.17, 15) is 29.0 Å².